The Labute approximate surface area is 217 Å². The number of carbonyl (C=O) groups is 1. The normalized spacial score (nSPS) is 13.6. The predicted molar refractivity (Wildman–Crippen MR) is 141 cm³/mol. The molecule has 1 aliphatic rings. The average molecular weight is 525 g/mol. The molecular formula is C24H22Cl2N8O2. The van der Waals surface area contributed by atoms with Crippen LogP contribution in [-0.2, 0) is 0 Å². The van der Waals surface area contributed by atoms with Crippen molar-refractivity contribution in [2.24, 2.45) is 0 Å². The zero-order valence-electron chi connectivity index (χ0n) is 19.3. The summed E-state index contributed by atoms with van der Waals surface area (Å²) in [5.41, 5.74) is 8.81. The van der Waals surface area contributed by atoms with E-state index >= 15 is 0 Å². The number of nitrogens with one attached hydrogen (secondary N) is 1. The second-order valence-corrected chi connectivity index (χ2v) is 8.93. The fraction of sp³-hybridized carbons (Fsp3) is 0.208. The number of ether oxygens (including phenoxy) is 1. The lowest BCUT2D eigenvalue weighted by Crippen LogP contribution is -2.50. The summed E-state index contributed by atoms with van der Waals surface area (Å²) < 4.78 is 5.16. The van der Waals surface area contributed by atoms with Crippen LogP contribution in [0.2, 0.25) is 10.0 Å². The minimum absolute atomic E-state index is 0.101. The third kappa shape index (κ3) is 4.91. The Morgan fingerprint density at radius 2 is 1.78 bits per heavy atom. The van der Waals surface area contributed by atoms with Crippen LogP contribution in [0, 0.1) is 0 Å². The molecule has 0 bridgehead atoms. The van der Waals surface area contributed by atoms with E-state index in [1.54, 1.807) is 60.7 Å². The molecule has 12 heteroatoms. The van der Waals surface area contributed by atoms with Crippen molar-refractivity contribution in [3.05, 3.63) is 58.7 Å². The highest BCUT2D eigenvalue weighted by atomic mass is 35.5. The van der Waals surface area contributed by atoms with Crippen molar-refractivity contribution in [1.29, 1.82) is 0 Å². The second-order valence-electron chi connectivity index (χ2n) is 8.09. The first-order valence-electron chi connectivity index (χ1n) is 11.1. The van der Waals surface area contributed by atoms with Gasteiger partial charge in [-0.3, -0.25) is 0 Å². The summed E-state index contributed by atoms with van der Waals surface area (Å²) in [4.78, 5) is 34.4. The number of amides is 2. The van der Waals surface area contributed by atoms with Crippen LogP contribution in [0.3, 0.4) is 0 Å². The maximum atomic E-state index is 12.8. The predicted octanol–water partition coefficient (Wildman–Crippen LogP) is 4.34. The Balaban J connectivity index is 1.35. The molecule has 1 saturated heterocycles. The maximum absolute atomic E-state index is 12.8. The van der Waals surface area contributed by atoms with Gasteiger partial charge in [-0.2, -0.15) is 9.97 Å². The minimum Gasteiger partial charge on any atom is -0.497 e. The highest BCUT2D eigenvalue weighted by Crippen LogP contribution is 2.31. The van der Waals surface area contributed by atoms with Crippen LogP contribution in [0.1, 0.15) is 0 Å². The van der Waals surface area contributed by atoms with Crippen LogP contribution in [-0.4, -0.2) is 64.2 Å². The number of nitrogens with two attached hydrogens (primary N) is 1. The average Bonchev–Trinajstić information content (AvgIpc) is 2.88. The van der Waals surface area contributed by atoms with E-state index in [4.69, 9.17) is 38.7 Å². The molecule has 4 aromatic rings. The summed E-state index contributed by atoms with van der Waals surface area (Å²) in [6, 6.07) is 12.2. The molecule has 36 heavy (non-hydrogen) atoms. The Morgan fingerprint density at radius 3 is 2.47 bits per heavy atom. The molecule has 0 spiro atoms. The number of carbonyl (C=O) groups excluding carboxylic acids is 1. The maximum Gasteiger partial charge on any atom is 0.321 e. The van der Waals surface area contributed by atoms with Gasteiger partial charge in [0.05, 0.1) is 24.0 Å². The molecule has 1 aliphatic heterocycles. The quantitative estimate of drug-likeness (QED) is 0.404. The molecule has 0 saturated carbocycles. The fourth-order valence-corrected chi connectivity index (χ4v) is 4.46. The number of piperazine rings is 1. The number of halogens is 2. The number of aromatic nitrogens is 4. The van der Waals surface area contributed by atoms with Crippen LogP contribution in [0.5, 0.6) is 5.75 Å². The fourth-order valence-electron chi connectivity index (χ4n) is 3.96. The van der Waals surface area contributed by atoms with Gasteiger partial charge in [0.2, 0.25) is 5.95 Å². The van der Waals surface area contributed by atoms with E-state index < -0.39 is 0 Å². The van der Waals surface area contributed by atoms with Gasteiger partial charge in [0.15, 0.2) is 17.0 Å². The molecule has 0 atom stereocenters. The van der Waals surface area contributed by atoms with Gasteiger partial charge in [-0.1, -0.05) is 23.2 Å². The topological polar surface area (TPSA) is 122 Å². The number of anilines is 3. The zero-order chi connectivity index (χ0) is 25.2. The molecule has 3 heterocycles. The lowest BCUT2D eigenvalue weighted by molar-refractivity contribution is 0.208. The molecule has 0 aliphatic carbocycles. The number of rotatable bonds is 4. The van der Waals surface area contributed by atoms with E-state index in [2.05, 4.69) is 20.3 Å². The number of hydrogen-bond acceptors (Lipinski definition) is 8. The van der Waals surface area contributed by atoms with Crippen molar-refractivity contribution in [3.63, 3.8) is 0 Å². The summed E-state index contributed by atoms with van der Waals surface area (Å²) in [7, 11) is 1.60. The van der Waals surface area contributed by atoms with Gasteiger partial charge in [0.1, 0.15) is 5.75 Å². The van der Waals surface area contributed by atoms with Gasteiger partial charge >= 0.3 is 6.03 Å². The number of methoxy groups -OCH3 is 1. The van der Waals surface area contributed by atoms with Crippen LogP contribution < -0.4 is 20.7 Å². The van der Waals surface area contributed by atoms with Crippen LogP contribution in [0.4, 0.5) is 22.2 Å². The molecular weight excluding hydrogens is 503 g/mol. The van der Waals surface area contributed by atoms with Crippen LogP contribution in [0.25, 0.3) is 22.4 Å². The lowest BCUT2D eigenvalue weighted by atomic mass is 10.1. The van der Waals surface area contributed by atoms with Crippen molar-refractivity contribution in [3.8, 4) is 17.0 Å². The first-order chi connectivity index (χ1) is 17.4. The van der Waals surface area contributed by atoms with Gasteiger partial charge in [-0.25, -0.2) is 14.8 Å². The molecule has 1 fully saturated rings. The van der Waals surface area contributed by atoms with Gasteiger partial charge in [-0.15, -0.1) is 0 Å². The number of urea groups is 1. The minimum atomic E-state index is -0.175. The zero-order valence-corrected chi connectivity index (χ0v) is 20.8. The highest BCUT2D eigenvalue weighted by Gasteiger charge is 2.25. The SMILES string of the molecule is COc1ccc(NC(=O)N2CCN(c3nc(N)nc4ncc(-c5ccc(Cl)cc5Cl)nc34)CC2)cc1. The monoisotopic (exact) mass is 524 g/mol. The molecule has 3 N–H and O–H groups in total. The van der Waals surface area contributed by atoms with Crippen molar-refractivity contribution >= 4 is 57.9 Å². The Hall–Kier alpha value is -3.89. The first-order valence-corrected chi connectivity index (χ1v) is 11.9. The number of fused-ring (bicyclic) bond motifs is 1. The van der Waals surface area contributed by atoms with Crippen molar-refractivity contribution < 1.29 is 9.53 Å². The Morgan fingerprint density at radius 1 is 1.03 bits per heavy atom. The smallest absolute Gasteiger partial charge is 0.321 e. The highest BCUT2D eigenvalue weighted by molar-refractivity contribution is 6.36. The number of hydrogen-bond donors (Lipinski definition) is 2. The molecule has 184 valence electrons. The summed E-state index contributed by atoms with van der Waals surface area (Å²) >= 11 is 12.4. The number of nitrogen functional groups attached to an aromatic ring is 1. The standard InChI is InChI=1S/C24H22Cl2N8O2/c1-36-16-5-3-15(4-6-16)29-24(35)34-10-8-33(9-11-34)22-20-21(31-23(27)32-22)28-13-19(30-20)17-7-2-14(25)12-18(17)26/h2-7,12-13H,8-11H2,1H3,(H,29,35)(H2,27,28,31,32). The molecule has 2 amide bonds. The molecule has 0 radical (unpaired) electrons. The molecule has 10 nitrogen and oxygen atoms in total. The summed E-state index contributed by atoms with van der Waals surface area (Å²) in [5.74, 6) is 1.39. The van der Waals surface area contributed by atoms with Crippen LogP contribution >= 0.6 is 23.2 Å². The van der Waals surface area contributed by atoms with E-state index in [0.717, 1.165) is 5.75 Å². The van der Waals surface area contributed by atoms with Crippen molar-refractivity contribution in [1.82, 2.24) is 24.8 Å². The Bertz CT molecular complexity index is 1430. The number of nitrogens with zero attached hydrogens (tertiary/aromatic N) is 6. The largest absolute Gasteiger partial charge is 0.497 e. The third-order valence-electron chi connectivity index (χ3n) is 5.82. The second kappa shape index (κ2) is 10.00. The van der Waals surface area contributed by atoms with E-state index in [1.165, 1.54) is 0 Å². The van der Waals surface area contributed by atoms with Gasteiger partial charge < -0.3 is 25.6 Å². The van der Waals surface area contributed by atoms with E-state index in [1.807, 2.05) is 4.90 Å². The summed E-state index contributed by atoms with van der Waals surface area (Å²) in [5, 5.41) is 3.91. The lowest BCUT2D eigenvalue weighted by Gasteiger charge is -2.35. The third-order valence-corrected chi connectivity index (χ3v) is 6.37. The van der Waals surface area contributed by atoms with E-state index in [0.29, 0.717) is 70.2 Å². The first kappa shape index (κ1) is 23.8. The molecule has 2 aromatic heterocycles. The Kier molecular flexibility index (Phi) is 6.62. The van der Waals surface area contributed by atoms with E-state index in [-0.39, 0.29) is 12.0 Å². The van der Waals surface area contributed by atoms with Crippen molar-refractivity contribution in [2.45, 2.75) is 0 Å². The number of benzene rings is 2. The van der Waals surface area contributed by atoms with Gasteiger partial charge in [0, 0.05) is 42.5 Å². The van der Waals surface area contributed by atoms with Crippen LogP contribution in [0.15, 0.2) is 48.7 Å². The van der Waals surface area contributed by atoms with Gasteiger partial charge in [0.25, 0.3) is 0 Å². The summed E-state index contributed by atoms with van der Waals surface area (Å²) in [6.07, 6.45) is 1.59. The molecule has 2 aromatic carbocycles. The molecule has 0 unspecified atom stereocenters. The summed E-state index contributed by atoms with van der Waals surface area (Å²) in [6.45, 7) is 2.05. The molecule has 5 rings (SSSR count). The van der Waals surface area contributed by atoms with Crippen molar-refractivity contribution in [2.75, 3.05) is 49.2 Å². The van der Waals surface area contributed by atoms with Gasteiger partial charge in [-0.05, 0) is 42.5 Å². The van der Waals surface area contributed by atoms with E-state index in [9.17, 15) is 4.79 Å².